The topological polar surface area (TPSA) is 76.1 Å². The fourth-order valence-electron chi connectivity index (χ4n) is 2.58. The average Bonchev–Trinajstić information content (AvgIpc) is 3.15. The quantitative estimate of drug-likeness (QED) is 0.889. The second-order valence-electron chi connectivity index (χ2n) is 5.33. The number of aliphatic carboxylic acids is 1. The molecular weight excluding hydrogens is 274 g/mol. The van der Waals surface area contributed by atoms with Crippen molar-refractivity contribution in [1.82, 2.24) is 4.90 Å². The molecule has 6 heteroatoms. The lowest BCUT2D eigenvalue weighted by Crippen LogP contribution is -2.32. The van der Waals surface area contributed by atoms with Crippen molar-refractivity contribution in [1.29, 1.82) is 0 Å². The Morgan fingerprint density at radius 3 is 2.71 bits per heavy atom. The first kappa shape index (κ1) is 13.7. The van der Waals surface area contributed by atoms with Gasteiger partial charge in [0.1, 0.15) is 0 Å². The molecule has 3 rings (SSSR count). The minimum absolute atomic E-state index is 0.0810. The smallest absolute Gasteiger partial charge is 0.307 e. The second-order valence-corrected chi connectivity index (χ2v) is 5.33. The highest BCUT2D eigenvalue weighted by molar-refractivity contribution is 5.89. The van der Waals surface area contributed by atoms with Crippen LogP contribution in [0.1, 0.15) is 18.9 Å². The molecular formula is C15H17NO5. The monoisotopic (exact) mass is 291 g/mol. The minimum Gasteiger partial charge on any atom is -0.481 e. The van der Waals surface area contributed by atoms with Gasteiger partial charge < -0.3 is 19.5 Å². The maximum absolute atomic E-state index is 12.3. The van der Waals surface area contributed by atoms with Crippen LogP contribution in [0.3, 0.4) is 0 Å². The highest BCUT2D eigenvalue weighted by atomic mass is 16.7. The molecule has 0 spiro atoms. The van der Waals surface area contributed by atoms with Crippen molar-refractivity contribution in [2.45, 2.75) is 19.9 Å². The highest BCUT2D eigenvalue weighted by Crippen LogP contribution is 2.40. The van der Waals surface area contributed by atoms with Gasteiger partial charge in [0.2, 0.25) is 12.7 Å². The molecule has 1 aromatic rings. The number of rotatable bonds is 5. The van der Waals surface area contributed by atoms with E-state index in [1.807, 2.05) is 25.1 Å². The lowest BCUT2D eigenvalue weighted by atomic mass is 10.1. The summed E-state index contributed by atoms with van der Waals surface area (Å²) in [6.07, 6.45) is 0.450. The number of hydrogen-bond donors (Lipinski definition) is 1. The van der Waals surface area contributed by atoms with Crippen LogP contribution in [0.5, 0.6) is 11.5 Å². The summed E-state index contributed by atoms with van der Waals surface area (Å²) in [5, 5.41) is 8.92. The predicted octanol–water partition coefficient (Wildman–Crippen LogP) is 1.48. The Hall–Kier alpha value is -2.24. The first-order chi connectivity index (χ1) is 10.1. The fraction of sp³-hybridized carbons (Fsp3) is 0.467. The van der Waals surface area contributed by atoms with Crippen LogP contribution in [0.4, 0.5) is 0 Å². The third-order valence-corrected chi connectivity index (χ3v) is 3.93. The van der Waals surface area contributed by atoms with Crippen molar-refractivity contribution in [2.24, 2.45) is 11.8 Å². The van der Waals surface area contributed by atoms with Crippen molar-refractivity contribution < 1.29 is 24.2 Å². The van der Waals surface area contributed by atoms with E-state index in [0.29, 0.717) is 31.0 Å². The standard InChI is InChI=1S/C15H17NO5/c1-2-16(14(17)10-6-11(10)15(18)19)7-9-3-4-12-13(5-9)21-8-20-12/h3-5,10-11H,2,6-8H2,1H3,(H,18,19)/t10-,11+/m1/s1. The molecule has 2 aliphatic rings. The van der Waals surface area contributed by atoms with Gasteiger partial charge in [0.25, 0.3) is 0 Å². The maximum atomic E-state index is 12.3. The Balaban J connectivity index is 1.67. The molecule has 1 heterocycles. The van der Waals surface area contributed by atoms with E-state index < -0.39 is 11.9 Å². The average molecular weight is 291 g/mol. The van der Waals surface area contributed by atoms with Crippen LogP contribution in [0.15, 0.2) is 18.2 Å². The van der Waals surface area contributed by atoms with Crippen molar-refractivity contribution in [3.63, 3.8) is 0 Å². The molecule has 1 aliphatic heterocycles. The van der Waals surface area contributed by atoms with E-state index in [-0.39, 0.29) is 18.6 Å². The van der Waals surface area contributed by atoms with E-state index in [2.05, 4.69) is 0 Å². The van der Waals surface area contributed by atoms with Gasteiger partial charge in [0, 0.05) is 13.1 Å². The van der Waals surface area contributed by atoms with Gasteiger partial charge in [-0.2, -0.15) is 0 Å². The van der Waals surface area contributed by atoms with Crippen molar-refractivity contribution >= 4 is 11.9 Å². The van der Waals surface area contributed by atoms with Crippen molar-refractivity contribution in [3.8, 4) is 11.5 Å². The molecule has 1 N–H and O–H groups in total. The molecule has 1 aromatic carbocycles. The van der Waals surface area contributed by atoms with Gasteiger partial charge in [0.15, 0.2) is 11.5 Å². The summed E-state index contributed by atoms with van der Waals surface area (Å²) < 4.78 is 10.6. The zero-order valence-electron chi connectivity index (χ0n) is 11.7. The summed E-state index contributed by atoms with van der Waals surface area (Å²) in [6, 6.07) is 5.58. The molecule has 2 atom stereocenters. The van der Waals surface area contributed by atoms with Crippen molar-refractivity contribution in [2.75, 3.05) is 13.3 Å². The third kappa shape index (κ3) is 2.66. The van der Waals surface area contributed by atoms with E-state index >= 15 is 0 Å². The molecule has 21 heavy (non-hydrogen) atoms. The summed E-state index contributed by atoms with van der Waals surface area (Å²) in [7, 11) is 0. The summed E-state index contributed by atoms with van der Waals surface area (Å²) in [5.74, 6) is -0.443. The van der Waals surface area contributed by atoms with E-state index in [0.717, 1.165) is 5.56 Å². The van der Waals surface area contributed by atoms with Crippen LogP contribution >= 0.6 is 0 Å². The van der Waals surface area contributed by atoms with Crippen LogP contribution in [0, 0.1) is 11.8 Å². The number of nitrogens with zero attached hydrogens (tertiary/aromatic N) is 1. The zero-order chi connectivity index (χ0) is 15.0. The van der Waals surface area contributed by atoms with Gasteiger partial charge in [0.05, 0.1) is 11.8 Å². The van der Waals surface area contributed by atoms with Gasteiger partial charge in [-0.15, -0.1) is 0 Å². The SMILES string of the molecule is CCN(Cc1ccc2c(c1)OCO2)C(=O)[C@@H]1C[C@@H]1C(=O)O. The van der Waals surface area contributed by atoms with E-state index in [1.54, 1.807) is 4.90 Å². The summed E-state index contributed by atoms with van der Waals surface area (Å²) >= 11 is 0. The first-order valence-electron chi connectivity index (χ1n) is 7.00. The Morgan fingerprint density at radius 1 is 1.29 bits per heavy atom. The Kier molecular flexibility index (Phi) is 3.45. The lowest BCUT2D eigenvalue weighted by molar-refractivity contribution is -0.142. The minimum atomic E-state index is -0.882. The summed E-state index contributed by atoms with van der Waals surface area (Å²) in [6.45, 7) is 3.12. The maximum Gasteiger partial charge on any atom is 0.307 e. The Labute approximate surface area is 122 Å². The van der Waals surface area contributed by atoms with Crippen LogP contribution in [-0.2, 0) is 16.1 Å². The normalized spacial score (nSPS) is 22.0. The van der Waals surface area contributed by atoms with E-state index in [9.17, 15) is 9.59 Å². The first-order valence-corrected chi connectivity index (χ1v) is 7.00. The van der Waals surface area contributed by atoms with Gasteiger partial charge in [-0.1, -0.05) is 6.07 Å². The number of ether oxygens (including phenoxy) is 2. The number of fused-ring (bicyclic) bond motifs is 1. The van der Waals surface area contributed by atoms with E-state index in [1.165, 1.54) is 0 Å². The van der Waals surface area contributed by atoms with Gasteiger partial charge in [-0.05, 0) is 31.0 Å². The number of carboxylic acids is 1. The molecule has 1 saturated carbocycles. The van der Waals surface area contributed by atoms with Gasteiger partial charge in [-0.25, -0.2) is 0 Å². The zero-order valence-corrected chi connectivity index (χ0v) is 11.7. The predicted molar refractivity (Wildman–Crippen MR) is 72.9 cm³/mol. The molecule has 6 nitrogen and oxygen atoms in total. The number of carboxylic acid groups (broad SMARTS) is 1. The molecule has 0 radical (unpaired) electrons. The summed E-state index contributed by atoms with van der Waals surface area (Å²) in [4.78, 5) is 24.9. The molecule has 1 amide bonds. The highest BCUT2D eigenvalue weighted by Gasteiger charge is 2.49. The van der Waals surface area contributed by atoms with Gasteiger partial charge >= 0.3 is 5.97 Å². The Bertz CT molecular complexity index is 585. The molecule has 0 aromatic heterocycles. The van der Waals surface area contributed by atoms with E-state index in [4.69, 9.17) is 14.6 Å². The van der Waals surface area contributed by atoms with Crippen LogP contribution in [0.25, 0.3) is 0 Å². The second kappa shape index (κ2) is 5.27. The van der Waals surface area contributed by atoms with Crippen LogP contribution in [-0.4, -0.2) is 35.2 Å². The molecule has 1 aliphatic carbocycles. The molecule has 1 fully saturated rings. The number of carbonyl (C=O) groups is 2. The molecule has 0 saturated heterocycles. The molecule has 0 unspecified atom stereocenters. The summed E-state index contributed by atoms with van der Waals surface area (Å²) in [5.41, 5.74) is 0.946. The van der Waals surface area contributed by atoms with Gasteiger partial charge in [-0.3, -0.25) is 9.59 Å². The number of benzene rings is 1. The Morgan fingerprint density at radius 2 is 2.05 bits per heavy atom. The largest absolute Gasteiger partial charge is 0.481 e. The third-order valence-electron chi connectivity index (χ3n) is 3.93. The lowest BCUT2D eigenvalue weighted by Gasteiger charge is -2.21. The van der Waals surface area contributed by atoms with Crippen LogP contribution in [0.2, 0.25) is 0 Å². The molecule has 0 bridgehead atoms. The fourth-order valence-corrected chi connectivity index (χ4v) is 2.58. The number of hydrogen-bond acceptors (Lipinski definition) is 4. The van der Waals surface area contributed by atoms with Crippen LogP contribution < -0.4 is 9.47 Å². The number of carbonyl (C=O) groups excluding carboxylic acids is 1. The molecule has 112 valence electrons. The van der Waals surface area contributed by atoms with Crippen molar-refractivity contribution in [3.05, 3.63) is 23.8 Å². The number of amides is 1.